The van der Waals surface area contributed by atoms with Crippen LogP contribution >= 0.6 is 0 Å². The first-order valence-corrected chi connectivity index (χ1v) is 6.61. The van der Waals surface area contributed by atoms with E-state index in [0.29, 0.717) is 18.4 Å². The maximum absolute atomic E-state index is 12.0. The van der Waals surface area contributed by atoms with Gasteiger partial charge in [0.15, 0.2) is 0 Å². The van der Waals surface area contributed by atoms with Gasteiger partial charge < -0.3 is 10.1 Å². The summed E-state index contributed by atoms with van der Waals surface area (Å²) >= 11 is 0. The molecule has 1 rings (SSSR count). The predicted octanol–water partition coefficient (Wildman–Crippen LogP) is 3.37. The van der Waals surface area contributed by atoms with Gasteiger partial charge in [0, 0.05) is 19.2 Å². The van der Waals surface area contributed by atoms with E-state index in [2.05, 4.69) is 26.1 Å². The largest absolute Gasteiger partial charge is 0.411 e. The molecule has 1 aliphatic rings. The van der Waals surface area contributed by atoms with Crippen LogP contribution in [0.4, 0.5) is 13.2 Å². The number of hydrogen-bond donors (Lipinski definition) is 1. The van der Waals surface area contributed by atoms with Crippen LogP contribution in [0.25, 0.3) is 0 Å². The quantitative estimate of drug-likeness (QED) is 0.681. The monoisotopic (exact) mass is 267 g/mol. The highest BCUT2D eigenvalue weighted by atomic mass is 19.4. The number of rotatable bonds is 8. The molecule has 0 amide bonds. The normalized spacial score (nSPS) is 20.2. The van der Waals surface area contributed by atoms with E-state index in [1.54, 1.807) is 0 Å². The van der Waals surface area contributed by atoms with Gasteiger partial charge in [-0.3, -0.25) is 0 Å². The van der Waals surface area contributed by atoms with Crippen molar-refractivity contribution >= 4 is 0 Å². The molecule has 0 bridgehead atoms. The molecular weight excluding hydrogens is 243 g/mol. The van der Waals surface area contributed by atoms with Crippen LogP contribution in [0.15, 0.2) is 0 Å². The smallest absolute Gasteiger partial charge is 0.372 e. The number of nitrogens with one attached hydrogen (secondary N) is 1. The predicted molar refractivity (Wildman–Crippen MR) is 65.5 cm³/mol. The number of halogens is 3. The zero-order valence-corrected chi connectivity index (χ0v) is 11.4. The van der Waals surface area contributed by atoms with Crippen molar-refractivity contribution in [2.45, 2.75) is 52.3 Å². The van der Waals surface area contributed by atoms with Gasteiger partial charge in [0.25, 0.3) is 0 Å². The molecule has 1 unspecified atom stereocenters. The molecule has 1 atom stereocenters. The van der Waals surface area contributed by atoms with Gasteiger partial charge in [-0.15, -0.1) is 0 Å². The summed E-state index contributed by atoms with van der Waals surface area (Å²) < 4.78 is 40.6. The fourth-order valence-electron chi connectivity index (χ4n) is 2.15. The number of ether oxygens (including phenoxy) is 1. The molecule has 0 saturated heterocycles. The summed E-state index contributed by atoms with van der Waals surface area (Å²) in [6.45, 7) is 6.21. The fraction of sp³-hybridized carbons (Fsp3) is 1.00. The van der Waals surface area contributed by atoms with Crippen molar-refractivity contribution in [3.63, 3.8) is 0 Å². The zero-order valence-electron chi connectivity index (χ0n) is 11.4. The summed E-state index contributed by atoms with van der Waals surface area (Å²) in [6, 6.07) is 0.402. The van der Waals surface area contributed by atoms with E-state index in [0.717, 1.165) is 6.54 Å². The molecule has 0 aromatic carbocycles. The van der Waals surface area contributed by atoms with Crippen molar-refractivity contribution in [2.24, 2.45) is 11.3 Å². The van der Waals surface area contributed by atoms with Gasteiger partial charge in [0.05, 0.1) is 0 Å². The SMILES string of the molecule is CC(C)NCC(C)(CCOCC(F)(F)F)C1CC1. The minimum atomic E-state index is -4.22. The van der Waals surface area contributed by atoms with Crippen LogP contribution < -0.4 is 5.32 Å². The molecule has 0 aromatic heterocycles. The Bertz CT molecular complexity index is 251. The Kier molecular flexibility index (Phi) is 5.46. The third-order valence-electron chi connectivity index (χ3n) is 3.56. The molecule has 0 aliphatic heterocycles. The van der Waals surface area contributed by atoms with Crippen molar-refractivity contribution < 1.29 is 17.9 Å². The summed E-state index contributed by atoms with van der Waals surface area (Å²) in [5, 5.41) is 3.39. The van der Waals surface area contributed by atoms with Crippen LogP contribution in [-0.2, 0) is 4.74 Å². The van der Waals surface area contributed by atoms with E-state index in [1.165, 1.54) is 12.8 Å². The molecule has 108 valence electrons. The van der Waals surface area contributed by atoms with Gasteiger partial charge >= 0.3 is 6.18 Å². The molecule has 0 spiro atoms. The highest BCUT2D eigenvalue weighted by molar-refractivity contribution is 4.92. The summed E-state index contributed by atoms with van der Waals surface area (Å²) in [4.78, 5) is 0. The van der Waals surface area contributed by atoms with Crippen LogP contribution in [0.1, 0.15) is 40.0 Å². The Morgan fingerprint density at radius 3 is 2.33 bits per heavy atom. The second kappa shape index (κ2) is 6.24. The van der Waals surface area contributed by atoms with Gasteiger partial charge in [-0.25, -0.2) is 0 Å². The zero-order chi connectivity index (χ0) is 13.8. The molecular formula is C13H24F3NO. The van der Waals surface area contributed by atoms with Crippen LogP contribution in [0.5, 0.6) is 0 Å². The maximum Gasteiger partial charge on any atom is 0.411 e. The highest BCUT2D eigenvalue weighted by Gasteiger charge is 2.41. The molecule has 1 saturated carbocycles. The molecule has 5 heteroatoms. The first-order valence-electron chi connectivity index (χ1n) is 6.61. The van der Waals surface area contributed by atoms with Gasteiger partial charge in [-0.05, 0) is 30.6 Å². The minimum absolute atomic E-state index is 0.0653. The van der Waals surface area contributed by atoms with Crippen molar-refractivity contribution in [1.82, 2.24) is 5.32 Å². The summed E-state index contributed by atoms with van der Waals surface area (Å²) in [7, 11) is 0. The van der Waals surface area contributed by atoms with Crippen LogP contribution in [0, 0.1) is 11.3 Å². The van der Waals surface area contributed by atoms with Crippen molar-refractivity contribution in [3.8, 4) is 0 Å². The molecule has 0 heterocycles. The summed E-state index contributed by atoms with van der Waals surface area (Å²) in [5.41, 5.74) is 0.0653. The van der Waals surface area contributed by atoms with Crippen molar-refractivity contribution in [2.75, 3.05) is 19.8 Å². The average molecular weight is 267 g/mol. The lowest BCUT2D eigenvalue weighted by Gasteiger charge is -2.31. The molecule has 1 fully saturated rings. The molecule has 0 aromatic rings. The standard InChI is InChI=1S/C13H24F3NO/c1-10(2)17-8-12(3,11-4-5-11)6-7-18-9-13(14,15)16/h10-11,17H,4-9H2,1-3H3. The van der Waals surface area contributed by atoms with Gasteiger partial charge in [-0.1, -0.05) is 20.8 Å². The lowest BCUT2D eigenvalue weighted by molar-refractivity contribution is -0.175. The molecule has 1 N–H and O–H groups in total. The topological polar surface area (TPSA) is 21.3 Å². The summed E-state index contributed by atoms with van der Waals surface area (Å²) in [6.07, 6.45) is -1.15. The van der Waals surface area contributed by atoms with E-state index in [1.807, 2.05) is 0 Å². The second-order valence-electron chi connectivity index (χ2n) is 5.88. The second-order valence-corrected chi connectivity index (χ2v) is 5.88. The fourth-order valence-corrected chi connectivity index (χ4v) is 2.15. The van der Waals surface area contributed by atoms with Crippen molar-refractivity contribution in [3.05, 3.63) is 0 Å². The molecule has 1 aliphatic carbocycles. The first kappa shape index (κ1) is 15.8. The summed E-state index contributed by atoms with van der Waals surface area (Å²) in [5.74, 6) is 0.637. The average Bonchev–Trinajstić information content (AvgIpc) is 3.04. The Hall–Kier alpha value is -0.290. The van der Waals surface area contributed by atoms with Gasteiger partial charge in [0.1, 0.15) is 6.61 Å². The van der Waals surface area contributed by atoms with Gasteiger partial charge in [-0.2, -0.15) is 13.2 Å². The Labute approximate surface area is 107 Å². The Morgan fingerprint density at radius 2 is 1.89 bits per heavy atom. The molecule has 0 radical (unpaired) electrons. The highest BCUT2D eigenvalue weighted by Crippen LogP contribution is 2.47. The van der Waals surface area contributed by atoms with E-state index < -0.39 is 12.8 Å². The third kappa shape index (κ3) is 6.05. The first-order chi connectivity index (χ1) is 8.23. The number of alkyl halides is 3. The van der Waals surface area contributed by atoms with Crippen molar-refractivity contribution in [1.29, 1.82) is 0 Å². The Balaban J connectivity index is 2.29. The lowest BCUT2D eigenvalue weighted by Crippen LogP contribution is -2.38. The Morgan fingerprint density at radius 1 is 1.28 bits per heavy atom. The minimum Gasteiger partial charge on any atom is -0.372 e. The number of hydrogen-bond acceptors (Lipinski definition) is 2. The van der Waals surface area contributed by atoms with E-state index in [9.17, 15) is 13.2 Å². The third-order valence-corrected chi connectivity index (χ3v) is 3.56. The van der Waals surface area contributed by atoms with E-state index >= 15 is 0 Å². The van der Waals surface area contributed by atoms with Gasteiger partial charge in [0.2, 0.25) is 0 Å². The van der Waals surface area contributed by atoms with Crippen LogP contribution in [-0.4, -0.2) is 32.0 Å². The van der Waals surface area contributed by atoms with E-state index in [4.69, 9.17) is 4.74 Å². The molecule has 2 nitrogen and oxygen atoms in total. The van der Waals surface area contributed by atoms with Crippen LogP contribution in [0.3, 0.4) is 0 Å². The maximum atomic E-state index is 12.0. The lowest BCUT2D eigenvalue weighted by atomic mass is 9.81. The van der Waals surface area contributed by atoms with E-state index in [-0.39, 0.29) is 12.0 Å². The van der Waals surface area contributed by atoms with Crippen LogP contribution in [0.2, 0.25) is 0 Å². The molecule has 18 heavy (non-hydrogen) atoms.